The first-order valence-corrected chi connectivity index (χ1v) is 8.58. The minimum atomic E-state index is -4.66. The lowest BCUT2D eigenvalue weighted by atomic mass is 9.96. The quantitative estimate of drug-likeness (QED) is 0.233. The average molecular weight is 355 g/mol. The van der Waals surface area contributed by atoms with Gasteiger partial charge in [0.05, 0.1) is 5.69 Å². The number of hydrogen-bond donors (Lipinski definition) is 7. The number of aromatic hydroxyl groups is 2. The van der Waals surface area contributed by atoms with Crippen molar-refractivity contribution in [3.05, 3.63) is 53.6 Å². The van der Waals surface area contributed by atoms with Crippen molar-refractivity contribution in [1.82, 2.24) is 0 Å². The summed E-state index contributed by atoms with van der Waals surface area (Å²) in [5.74, 6) is -2.63. The molecule has 0 saturated carbocycles. The topological polar surface area (TPSA) is 150 Å². The summed E-state index contributed by atoms with van der Waals surface area (Å²) in [4.78, 5) is 18.0. The number of rotatable bonds is 6. The van der Waals surface area contributed by atoms with Crippen LogP contribution in [-0.2, 0) is 16.8 Å². The Hall–Kier alpha value is -2.09. The molecule has 2 aromatic carbocycles. The van der Waals surface area contributed by atoms with Crippen molar-refractivity contribution in [1.29, 1.82) is 0 Å². The van der Waals surface area contributed by atoms with Crippen molar-refractivity contribution in [3.8, 4) is 11.5 Å². The number of phenolic OH excluding ortho intramolecular Hbond substituents is 2. The zero-order valence-electron chi connectivity index (χ0n) is 12.5. The lowest BCUT2D eigenvalue weighted by Gasteiger charge is -2.25. The molecule has 0 aliphatic rings. The van der Waals surface area contributed by atoms with E-state index in [0.29, 0.717) is 0 Å². The van der Waals surface area contributed by atoms with E-state index in [-0.39, 0.29) is 35.6 Å². The summed E-state index contributed by atoms with van der Waals surface area (Å²) in [6, 6.07) is 9.48. The molecule has 0 saturated heterocycles. The van der Waals surface area contributed by atoms with E-state index in [1.807, 2.05) is 5.09 Å². The van der Waals surface area contributed by atoms with Crippen LogP contribution in [0.25, 0.3) is 0 Å². The lowest BCUT2D eigenvalue weighted by Crippen LogP contribution is -2.27. The Morgan fingerprint density at radius 3 is 2.12 bits per heavy atom. The fourth-order valence-corrected chi connectivity index (χ4v) is 2.74. The van der Waals surface area contributed by atoms with Gasteiger partial charge in [0.15, 0.2) is 5.79 Å². The molecule has 7 N–H and O–H groups in total. The van der Waals surface area contributed by atoms with Gasteiger partial charge in [-0.1, -0.05) is 12.1 Å². The Bertz CT molecular complexity index is 755. The molecule has 8 nitrogen and oxygen atoms in total. The summed E-state index contributed by atoms with van der Waals surface area (Å²) >= 11 is 0. The van der Waals surface area contributed by atoms with Gasteiger partial charge in [0.2, 0.25) is 0 Å². The zero-order chi connectivity index (χ0) is 18.0. The van der Waals surface area contributed by atoms with E-state index in [0.717, 1.165) is 23.8 Å². The number of hydrogen-bond acceptors (Lipinski definition) is 5. The van der Waals surface area contributed by atoms with Gasteiger partial charge < -0.3 is 30.2 Å². The maximum Gasteiger partial charge on any atom is 0.427 e. The summed E-state index contributed by atoms with van der Waals surface area (Å²) in [7, 11) is -4.66. The molecule has 0 heterocycles. The summed E-state index contributed by atoms with van der Waals surface area (Å²) in [6.07, 6.45) is 0.0232. The molecule has 0 aromatic heterocycles. The predicted molar refractivity (Wildman–Crippen MR) is 86.3 cm³/mol. The SMILES string of the molecule is O=P(O)(O)Nc1ccc(O)cc1C(O)(O)CCc1ccc(O)cc1. The summed E-state index contributed by atoms with van der Waals surface area (Å²) in [6.45, 7) is 0. The molecule has 0 amide bonds. The van der Waals surface area contributed by atoms with Gasteiger partial charge in [-0.2, -0.15) is 0 Å². The molecule has 0 spiro atoms. The second kappa shape index (κ2) is 6.80. The number of benzene rings is 2. The second-order valence-electron chi connectivity index (χ2n) is 5.37. The fourth-order valence-electron chi connectivity index (χ4n) is 2.23. The summed E-state index contributed by atoms with van der Waals surface area (Å²) in [5, 5.41) is 41.3. The van der Waals surface area contributed by atoms with E-state index in [9.17, 15) is 25.0 Å². The van der Waals surface area contributed by atoms with E-state index >= 15 is 0 Å². The molecule has 2 aromatic rings. The van der Waals surface area contributed by atoms with Crippen LogP contribution in [0, 0.1) is 0 Å². The van der Waals surface area contributed by atoms with Gasteiger partial charge in [-0.05, 0) is 42.3 Å². The monoisotopic (exact) mass is 355 g/mol. The van der Waals surface area contributed by atoms with Crippen LogP contribution in [0.15, 0.2) is 42.5 Å². The van der Waals surface area contributed by atoms with Crippen molar-refractivity contribution in [3.63, 3.8) is 0 Å². The molecule has 0 bridgehead atoms. The smallest absolute Gasteiger partial charge is 0.427 e. The average Bonchev–Trinajstić information content (AvgIpc) is 2.47. The van der Waals surface area contributed by atoms with Crippen molar-refractivity contribution in [2.75, 3.05) is 5.09 Å². The van der Waals surface area contributed by atoms with Gasteiger partial charge in [-0.15, -0.1) is 0 Å². The van der Waals surface area contributed by atoms with Crippen molar-refractivity contribution in [2.24, 2.45) is 0 Å². The molecule has 130 valence electrons. The lowest BCUT2D eigenvalue weighted by molar-refractivity contribution is -0.173. The van der Waals surface area contributed by atoms with Crippen LogP contribution in [0.1, 0.15) is 17.5 Å². The van der Waals surface area contributed by atoms with Crippen LogP contribution in [0.2, 0.25) is 0 Å². The van der Waals surface area contributed by atoms with Gasteiger partial charge in [0, 0.05) is 12.0 Å². The first-order chi connectivity index (χ1) is 11.1. The Kier molecular flexibility index (Phi) is 5.17. The molecule has 0 atom stereocenters. The molecular weight excluding hydrogens is 337 g/mol. The van der Waals surface area contributed by atoms with Gasteiger partial charge in [0.1, 0.15) is 11.5 Å². The number of aryl methyl sites for hydroxylation is 1. The normalized spacial score (nSPS) is 12.2. The molecule has 0 fully saturated rings. The van der Waals surface area contributed by atoms with E-state index in [1.165, 1.54) is 12.1 Å². The van der Waals surface area contributed by atoms with Crippen LogP contribution in [0.3, 0.4) is 0 Å². The van der Waals surface area contributed by atoms with Crippen LogP contribution in [0.4, 0.5) is 5.69 Å². The Morgan fingerprint density at radius 2 is 1.54 bits per heavy atom. The van der Waals surface area contributed by atoms with E-state index in [2.05, 4.69) is 0 Å². The first-order valence-electron chi connectivity index (χ1n) is 6.97. The number of nitrogens with one attached hydrogen (secondary N) is 1. The molecule has 2 rings (SSSR count). The summed E-state index contributed by atoms with van der Waals surface area (Å²) < 4.78 is 11.1. The standard InChI is InChI=1S/C15H18NO7P/c17-11-3-1-10(2-4-11)7-8-15(19,20)13-9-12(18)5-6-14(13)16-24(21,22)23/h1-6,9,17-20H,7-8H2,(H3,16,21,22,23). The number of anilines is 1. The molecule has 9 heteroatoms. The largest absolute Gasteiger partial charge is 0.508 e. The van der Waals surface area contributed by atoms with Crippen molar-refractivity contribution < 1.29 is 34.8 Å². The molecule has 0 unspecified atom stereocenters. The zero-order valence-corrected chi connectivity index (χ0v) is 13.4. The van der Waals surface area contributed by atoms with Crippen LogP contribution < -0.4 is 5.09 Å². The Labute approximate surface area is 137 Å². The second-order valence-corrected chi connectivity index (χ2v) is 6.68. The minimum Gasteiger partial charge on any atom is -0.508 e. The van der Waals surface area contributed by atoms with Gasteiger partial charge in [0.25, 0.3) is 0 Å². The van der Waals surface area contributed by atoms with Gasteiger partial charge >= 0.3 is 7.75 Å². The number of phenols is 2. The highest BCUT2D eigenvalue weighted by Gasteiger charge is 2.30. The number of aliphatic hydroxyl groups is 2. The molecular formula is C15H18NO7P. The maximum atomic E-state index is 11.1. The van der Waals surface area contributed by atoms with Crippen LogP contribution in [0.5, 0.6) is 11.5 Å². The Balaban J connectivity index is 2.25. The highest BCUT2D eigenvalue weighted by atomic mass is 31.2. The highest BCUT2D eigenvalue weighted by Crippen LogP contribution is 2.41. The highest BCUT2D eigenvalue weighted by molar-refractivity contribution is 7.53. The Morgan fingerprint density at radius 1 is 0.958 bits per heavy atom. The minimum absolute atomic E-state index is 0.0825. The van der Waals surface area contributed by atoms with Crippen LogP contribution >= 0.6 is 7.75 Å². The van der Waals surface area contributed by atoms with Gasteiger partial charge in [-0.3, -0.25) is 5.09 Å². The fraction of sp³-hybridized carbons (Fsp3) is 0.200. The summed E-state index contributed by atoms with van der Waals surface area (Å²) in [5.41, 5.74) is 0.270. The molecule has 24 heavy (non-hydrogen) atoms. The van der Waals surface area contributed by atoms with E-state index < -0.39 is 13.5 Å². The van der Waals surface area contributed by atoms with Crippen LogP contribution in [-0.4, -0.2) is 30.2 Å². The molecule has 0 radical (unpaired) electrons. The third-order valence-electron chi connectivity index (χ3n) is 3.40. The van der Waals surface area contributed by atoms with E-state index in [1.54, 1.807) is 12.1 Å². The third kappa shape index (κ3) is 4.95. The van der Waals surface area contributed by atoms with Crippen molar-refractivity contribution >= 4 is 13.4 Å². The first kappa shape index (κ1) is 18.3. The maximum absolute atomic E-state index is 11.1. The molecule has 0 aliphatic carbocycles. The molecule has 0 aliphatic heterocycles. The van der Waals surface area contributed by atoms with E-state index in [4.69, 9.17) is 9.79 Å². The third-order valence-corrected chi connectivity index (χ3v) is 3.93. The predicted octanol–water partition coefficient (Wildman–Crippen LogP) is 1.37. The van der Waals surface area contributed by atoms with Gasteiger partial charge in [-0.25, -0.2) is 4.57 Å². The van der Waals surface area contributed by atoms with Crippen molar-refractivity contribution in [2.45, 2.75) is 18.6 Å².